The van der Waals surface area contributed by atoms with Crippen LogP contribution in [0.15, 0.2) is 18.2 Å². The maximum Gasteiger partial charge on any atom is 0.149 e. The van der Waals surface area contributed by atoms with Gasteiger partial charge in [-0.1, -0.05) is 0 Å². The van der Waals surface area contributed by atoms with E-state index in [4.69, 9.17) is 5.73 Å². The van der Waals surface area contributed by atoms with E-state index in [0.717, 1.165) is 31.7 Å². The summed E-state index contributed by atoms with van der Waals surface area (Å²) in [6.45, 7) is 0. The summed E-state index contributed by atoms with van der Waals surface area (Å²) in [5.74, 6) is -1.09. The third-order valence-electron chi connectivity index (χ3n) is 3.01. The number of nitrogens with one attached hydrogen (secondary N) is 1. The second-order valence-electron chi connectivity index (χ2n) is 4.39. The largest absolute Gasteiger partial charge is 0.380 e. The van der Waals surface area contributed by atoms with Gasteiger partial charge in [0.1, 0.15) is 11.6 Å². The molecular weight excluding hydrogens is 210 g/mol. The smallest absolute Gasteiger partial charge is 0.149 e. The lowest BCUT2D eigenvalue weighted by Crippen LogP contribution is -2.35. The van der Waals surface area contributed by atoms with Crippen molar-refractivity contribution in [2.75, 3.05) is 5.32 Å². The molecule has 0 aromatic heterocycles. The molecular formula is C12H16F2N2. The van der Waals surface area contributed by atoms with Gasteiger partial charge >= 0.3 is 0 Å². The van der Waals surface area contributed by atoms with Crippen molar-refractivity contribution in [1.29, 1.82) is 0 Å². The van der Waals surface area contributed by atoms with E-state index < -0.39 is 11.6 Å². The lowest BCUT2D eigenvalue weighted by molar-refractivity contribution is 0.408. The van der Waals surface area contributed by atoms with E-state index in [-0.39, 0.29) is 12.1 Å². The molecule has 0 bridgehead atoms. The summed E-state index contributed by atoms with van der Waals surface area (Å²) in [4.78, 5) is 0. The fourth-order valence-corrected chi connectivity index (χ4v) is 2.19. The molecule has 0 heterocycles. The number of rotatable bonds is 2. The van der Waals surface area contributed by atoms with Crippen LogP contribution in [0.3, 0.4) is 0 Å². The highest BCUT2D eigenvalue weighted by molar-refractivity contribution is 5.45. The lowest BCUT2D eigenvalue weighted by Gasteiger charge is -2.28. The summed E-state index contributed by atoms with van der Waals surface area (Å²) in [6, 6.07) is 3.97. The molecule has 1 saturated carbocycles. The van der Waals surface area contributed by atoms with Crippen LogP contribution in [-0.2, 0) is 0 Å². The Bertz CT molecular complexity index is 368. The molecule has 3 N–H and O–H groups in total. The van der Waals surface area contributed by atoms with Crippen molar-refractivity contribution < 1.29 is 8.78 Å². The first kappa shape index (κ1) is 11.3. The van der Waals surface area contributed by atoms with Gasteiger partial charge in [0.25, 0.3) is 0 Å². The quantitative estimate of drug-likeness (QED) is 0.813. The third-order valence-corrected chi connectivity index (χ3v) is 3.01. The zero-order valence-electron chi connectivity index (χ0n) is 9.05. The van der Waals surface area contributed by atoms with Crippen LogP contribution in [-0.4, -0.2) is 12.1 Å². The normalized spacial score (nSPS) is 25.4. The van der Waals surface area contributed by atoms with Crippen molar-refractivity contribution in [2.24, 2.45) is 5.73 Å². The third kappa shape index (κ3) is 2.70. The van der Waals surface area contributed by atoms with Gasteiger partial charge in [-0.3, -0.25) is 0 Å². The highest BCUT2D eigenvalue weighted by Gasteiger charge is 2.19. The lowest BCUT2D eigenvalue weighted by atomic mass is 9.91. The number of hydrogen-bond acceptors (Lipinski definition) is 2. The summed E-state index contributed by atoms with van der Waals surface area (Å²) >= 11 is 0. The molecule has 0 amide bonds. The highest BCUT2D eigenvalue weighted by Crippen LogP contribution is 2.23. The fraction of sp³-hybridized carbons (Fsp3) is 0.500. The van der Waals surface area contributed by atoms with Crippen molar-refractivity contribution in [2.45, 2.75) is 37.8 Å². The number of benzene rings is 1. The first-order valence-electron chi connectivity index (χ1n) is 5.62. The first-order chi connectivity index (χ1) is 7.65. The van der Waals surface area contributed by atoms with Crippen molar-refractivity contribution in [3.05, 3.63) is 29.8 Å². The van der Waals surface area contributed by atoms with Crippen LogP contribution in [0.1, 0.15) is 25.7 Å². The molecule has 2 rings (SSSR count). The molecule has 1 aromatic carbocycles. The first-order valence-corrected chi connectivity index (χ1v) is 5.62. The molecule has 1 fully saturated rings. The van der Waals surface area contributed by atoms with Crippen molar-refractivity contribution in [3.63, 3.8) is 0 Å². The maximum atomic E-state index is 13.4. The Morgan fingerprint density at radius 3 is 2.75 bits per heavy atom. The minimum atomic E-state index is -0.552. The zero-order chi connectivity index (χ0) is 11.5. The van der Waals surface area contributed by atoms with E-state index in [1.54, 1.807) is 0 Å². The Balaban J connectivity index is 2.02. The number of halogens is 2. The van der Waals surface area contributed by atoms with Crippen LogP contribution in [0.2, 0.25) is 0 Å². The Labute approximate surface area is 93.8 Å². The molecule has 0 aliphatic heterocycles. The van der Waals surface area contributed by atoms with E-state index in [2.05, 4.69) is 5.32 Å². The van der Waals surface area contributed by atoms with E-state index in [1.165, 1.54) is 12.1 Å². The van der Waals surface area contributed by atoms with E-state index >= 15 is 0 Å². The SMILES string of the molecule is NC1CCCC(Nc2ccc(F)cc2F)C1. The van der Waals surface area contributed by atoms with Gasteiger partial charge in [-0.05, 0) is 37.8 Å². The number of nitrogens with two attached hydrogens (primary N) is 1. The monoisotopic (exact) mass is 226 g/mol. The predicted octanol–water partition coefficient (Wildman–Crippen LogP) is 2.65. The minimum Gasteiger partial charge on any atom is -0.380 e. The summed E-state index contributed by atoms with van der Waals surface area (Å²) in [6.07, 6.45) is 3.92. The van der Waals surface area contributed by atoms with Crippen LogP contribution < -0.4 is 11.1 Å². The fourth-order valence-electron chi connectivity index (χ4n) is 2.19. The second kappa shape index (κ2) is 4.78. The second-order valence-corrected chi connectivity index (χ2v) is 4.39. The molecule has 1 aliphatic carbocycles. The molecule has 1 aromatic rings. The average Bonchev–Trinajstić information content (AvgIpc) is 2.22. The standard InChI is InChI=1S/C12H16F2N2/c13-8-4-5-12(11(14)6-8)16-10-3-1-2-9(15)7-10/h4-6,9-10,16H,1-3,7,15H2. The summed E-state index contributed by atoms with van der Waals surface area (Å²) in [5, 5.41) is 3.09. The van der Waals surface area contributed by atoms with E-state index in [0.29, 0.717) is 5.69 Å². The molecule has 2 unspecified atom stereocenters. The van der Waals surface area contributed by atoms with E-state index in [1.807, 2.05) is 0 Å². The van der Waals surface area contributed by atoms with Gasteiger partial charge in [-0.2, -0.15) is 0 Å². The Morgan fingerprint density at radius 2 is 2.06 bits per heavy atom. The minimum absolute atomic E-state index is 0.190. The zero-order valence-corrected chi connectivity index (χ0v) is 9.05. The highest BCUT2D eigenvalue weighted by atomic mass is 19.1. The molecule has 16 heavy (non-hydrogen) atoms. The van der Waals surface area contributed by atoms with Crippen LogP contribution in [0, 0.1) is 11.6 Å². The maximum absolute atomic E-state index is 13.4. The molecule has 4 heteroatoms. The van der Waals surface area contributed by atoms with Gasteiger partial charge in [0.05, 0.1) is 5.69 Å². The van der Waals surface area contributed by atoms with Gasteiger partial charge in [0.2, 0.25) is 0 Å². The molecule has 0 saturated heterocycles. The molecule has 2 atom stereocenters. The van der Waals surface area contributed by atoms with Crippen molar-refractivity contribution in [3.8, 4) is 0 Å². The Hall–Kier alpha value is -1.16. The van der Waals surface area contributed by atoms with Gasteiger partial charge in [0.15, 0.2) is 0 Å². The van der Waals surface area contributed by atoms with Crippen molar-refractivity contribution >= 4 is 5.69 Å². The molecule has 2 nitrogen and oxygen atoms in total. The summed E-state index contributed by atoms with van der Waals surface area (Å²) in [5.41, 5.74) is 6.21. The molecule has 1 aliphatic rings. The molecule has 0 spiro atoms. The average molecular weight is 226 g/mol. The number of hydrogen-bond donors (Lipinski definition) is 2. The molecule has 0 radical (unpaired) electrons. The summed E-state index contributed by atoms with van der Waals surface area (Å²) in [7, 11) is 0. The van der Waals surface area contributed by atoms with Gasteiger partial charge < -0.3 is 11.1 Å². The van der Waals surface area contributed by atoms with E-state index in [9.17, 15) is 8.78 Å². The Morgan fingerprint density at radius 1 is 1.25 bits per heavy atom. The van der Waals surface area contributed by atoms with Crippen molar-refractivity contribution in [1.82, 2.24) is 0 Å². The van der Waals surface area contributed by atoms with Crippen LogP contribution in [0.5, 0.6) is 0 Å². The van der Waals surface area contributed by atoms with Gasteiger partial charge in [0, 0.05) is 18.2 Å². The number of anilines is 1. The van der Waals surface area contributed by atoms with Gasteiger partial charge in [-0.15, -0.1) is 0 Å². The van der Waals surface area contributed by atoms with Crippen LogP contribution >= 0.6 is 0 Å². The summed E-state index contributed by atoms with van der Waals surface area (Å²) < 4.78 is 26.1. The van der Waals surface area contributed by atoms with Crippen LogP contribution in [0.25, 0.3) is 0 Å². The predicted molar refractivity (Wildman–Crippen MR) is 60.2 cm³/mol. The molecule has 88 valence electrons. The van der Waals surface area contributed by atoms with Crippen LogP contribution in [0.4, 0.5) is 14.5 Å². The topological polar surface area (TPSA) is 38.0 Å². The van der Waals surface area contributed by atoms with Gasteiger partial charge in [-0.25, -0.2) is 8.78 Å². The Kier molecular flexibility index (Phi) is 3.39.